The third-order valence-electron chi connectivity index (χ3n) is 4.06. The third-order valence-corrected chi connectivity index (χ3v) is 7.56. The molecule has 19 heavy (non-hydrogen) atoms. The van der Waals surface area contributed by atoms with Gasteiger partial charge in [-0.15, -0.1) is 0 Å². The third kappa shape index (κ3) is 2.95. The van der Waals surface area contributed by atoms with E-state index in [-0.39, 0.29) is 5.41 Å². The first kappa shape index (κ1) is 14.8. The van der Waals surface area contributed by atoms with E-state index in [1.54, 1.807) is 13.8 Å². The molecule has 106 valence electrons. The molecule has 1 aromatic rings. The zero-order valence-electron chi connectivity index (χ0n) is 12.7. The molecule has 1 atom stereocenters. The van der Waals surface area contributed by atoms with Crippen LogP contribution in [-0.4, -0.2) is 23.0 Å². The van der Waals surface area contributed by atoms with Gasteiger partial charge in [0, 0.05) is 17.6 Å². The van der Waals surface area contributed by atoms with Gasteiger partial charge in [-0.2, -0.15) is 0 Å². The lowest BCUT2D eigenvalue weighted by Crippen LogP contribution is -2.37. The highest BCUT2D eigenvalue weighted by atomic mass is 31.2. The summed E-state index contributed by atoms with van der Waals surface area (Å²) in [6.07, 6.45) is 2.02. The number of benzene rings is 1. The molecule has 3 heteroatoms. The van der Waals surface area contributed by atoms with E-state index in [4.69, 9.17) is 0 Å². The van der Waals surface area contributed by atoms with Crippen molar-refractivity contribution in [2.24, 2.45) is 0 Å². The minimum Gasteiger partial charge on any atom is -0.390 e. The highest BCUT2D eigenvalue weighted by Gasteiger charge is 2.41. The largest absolute Gasteiger partial charge is 0.390 e. The number of aliphatic hydroxyl groups is 1. The van der Waals surface area contributed by atoms with Gasteiger partial charge in [0.1, 0.15) is 7.14 Å². The van der Waals surface area contributed by atoms with Gasteiger partial charge in [0.2, 0.25) is 0 Å². The van der Waals surface area contributed by atoms with E-state index in [0.29, 0.717) is 12.3 Å². The number of hydrogen-bond acceptors (Lipinski definition) is 2. The lowest BCUT2D eigenvalue weighted by Gasteiger charge is -2.39. The number of aryl methyl sites for hydroxylation is 1. The van der Waals surface area contributed by atoms with Crippen LogP contribution in [0.15, 0.2) is 18.2 Å². The fourth-order valence-electron chi connectivity index (χ4n) is 3.05. The van der Waals surface area contributed by atoms with Crippen molar-refractivity contribution in [2.75, 3.05) is 12.3 Å². The number of rotatable bonds is 2. The topological polar surface area (TPSA) is 37.3 Å². The molecule has 0 spiro atoms. The Labute approximate surface area is 116 Å². The molecule has 0 bridgehead atoms. The first-order valence-corrected chi connectivity index (χ1v) is 9.03. The van der Waals surface area contributed by atoms with Crippen LogP contribution in [0.5, 0.6) is 0 Å². The Hall–Kier alpha value is -0.590. The molecular formula is C16H25O2P. The van der Waals surface area contributed by atoms with Crippen molar-refractivity contribution in [2.45, 2.75) is 52.1 Å². The molecule has 0 amide bonds. The van der Waals surface area contributed by atoms with E-state index < -0.39 is 12.7 Å². The Bertz CT molecular complexity index is 538. The SMILES string of the molecule is Cc1ccc2c(c1)C(C)(C)CCP2(=O)CC(C)(C)O. The van der Waals surface area contributed by atoms with E-state index in [9.17, 15) is 9.67 Å². The molecule has 0 saturated heterocycles. The minimum absolute atomic E-state index is 0.0782. The quantitative estimate of drug-likeness (QED) is 0.843. The van der Waals surface area contributed by atoms with Crippen LogP contribution in [0.2, 0.25) is 0 Å². The highest BCUT2D eigenvalue weighted by molar-refractivity contribution is 7.71. The first-order chi connectivity index (χ1) is 8.54. The monoisotopic (exact) mass is 280 g/mol. The fraction of sp³-hybridized carbons (Fsp3) is 0.625. The summed E-state index contributed by atoms with van der Waals surface area (Å²) in [7, 11) is -2.47. The van der Waals surface area contributed by atoms with Crippen molar-refractivity contribution < 1.29 is 9.67 Å². The number of hydrogen-bond donors (Lipinski definition) is 1. The van der Waals surface area contributed by atoms with Gasteiger partial charge in [0.15, 0.2) is 0 Å². The summed E-state index contributed by atoms with van der Waals surface area (Å²) in [4.78, 5) is 0. The van der Waals surface area contributed by atoms with Crippen LogP contribution in [-0.2, 0) is 9.98 Å². The average molecular weight is 280 g/mol. The zero-order chi connectivity index (χ0) is 14.5. The Morgan fingerprint density at radius 1 is 1.37 bits per heavy atom. The summed E-state index contributed by atoms with van der Waals surface area (Å²) in [5, 5.41) is 11.1. The summed E-state index contributed by atoms with van der Waals surface area (Å²) in [5.41, 5.74) is 1.63. The van der Waals surface area contributed by atoms with Crippen molar-refractivity contribution in [1.82, 2.24) is 0 Å². The van der Waals surface area contributed by atoms with Gasteiger partial charge < -0.3 is 9.67 Å². The van der Waals surface area contributed by atoms with Gasteiger partial charge in [0.25, 0.3) is 0 Å². The lowest BCUT2D eigenvalue weighted by atomic mass is 9.81. The summed E-state index contributed by atoms with van der Waals surface area (Å²) in [5.74, 6) is 0. The van der Waals surface area contributed by atoms with Crippen molar-refractivity contribution in [3.05, 3.63) is 29.3 Å². The molecule has 0 radical (unpaired) electrons. The van der Waals surface area contributed by atoms with Gasteiger partial charge in [-0.1, -0.05) is 37.6 Å². The summed E-state index contributed by atoms with van der Waals surface area (Å²) in [6, 6.07) is 6.24. The van der Waals surface area contributed by atoms with E-state index in [2.05, 4.69) is 26.8 Å². The van der Waals surface area contributed by atoms with Crippen LogP contribution < -0.4 is 5.30 Å². The predicted octanol–water partition coefficient (Wildman–Crippen LogP) is 3.44. The van der Waals surface area contributed by atoms with Gasteiger partial charge in [0.05, 0.1) is 5.60 Å². The van der Waals surface area contributed by atoms with Crippen molar-refractivity contribution in [3.63, 3.8) is 0 Å². The van der Waals surface area contributed by atoms with Crippen LogP contribution in [0.1, 0.15) is 45.2 Å². The molecule has 0 aliphatic carbocycles. The molecule has 0 saturated carbocycles. The first-order valence-electron chi connectivity index (χ1n) is 6.96. The molecule has 1 N–H and O–H groups in total. The van der Waals surface area contributed by atoms with Gasteiger partial charge in [-0.3, -0.25) is 0 Å². The second-order valence-corrected chi connectivity index (χ2v) is 10.3. The van der Waals surface area contributed by atoms with Crippen LogP contribution in [0.3, 0.4) is 0 Å². The maximum atomic E-state index is 13.3. The Morgan fingerprint density at radius 2 is 2.00 bits per heavy atom. The normalized spacial score (nSPS) is 26.0. The zero-order valence-corrected chi connectivity index (χ0v) is 13.6. The fourth-order valence-corrected chi connectivity index (χ4v) is 6.94. The average Bonchev–Trinajstić information content (AvgIpc) is 2.22. The highest BCUT2D eigenvalue weighted by Crippen LogP contribution is 2.54. The Kier molecular flexibility index (Phi) is 3.48. The summed E-state index contributed by atoms with van der Waals surface area (Å²) < 4.78 is 13.3. The van der Waals surface area contributed by atoms with Crippen LogP contribution in [0, 0.1) is 6.92 Å². The molecule has 1 aromatic carbocycles. The molecule has 1 heterocycles. The van der Waals surface area contributed by atoms with Crippen LogP contribution >= 0.6 is 7.14 Å². The Balaban J connectivity index is 2.56. The van der Waals surface area contributed by atoms with E-state index >= 15 is 0 Å². The molecular weight excluding hydrogens is 255 g/mol. The molecule has 1 aliphatic heterocycles. The maximum Gasteiger partial charge on any atom is 0.118 e. The molecule has 2 nitrogen and oxygen atoms in total. The van der Waals surface area contributed by atoms with Crippen LogP contribution in [0.25, 0.3) is 0 Å². The molecule has 0 aromatic heterocycles. The molecule has 1 unspecified atom stereocenters. The van der Waals surface area contributed by atoms with Crippen molar-refractivity contribution >= 4 is 12.4 Å². The number of fused-ring (bicyclic) bond motifs is 1. The molecule has 0 fully saturated rings. The van der Waals surface area contributed by atoms with Gasteiger partial charge >= 0.3 is 0 Å². The van der Waals surface area contributed by atoms with Crippen molar-refractivity contribution in [3.8, 4) is 0 Å². The standard InChI is InChI=1S/C16H25O2P/c1-12-6-7-14-13(10-12)15(2,3)8-9-19(14,18)11-16(4,5)17/h6-7,10,17H,8-9,11H2,1-5H3. The predicted molar refractivity (Wildman–Crippen MR) is 82.1 cm³/mol. The van der Waals surface area contributed by atoms with E-state index in [1.807, 2.05) is 12.1 Å². The Morgan fingerprint density at radius 3 is 2.58 bits per heavy atom. The lowest BCUT2D eigenvalue weighted by molar-refractivity contribution is 0.104. The summed E-state index contributed by atoms with van der Waals surface area (Å²) in [6.45, 7) is 10.0. The molecule has 2 rings (SSSR count). The summed E-state index contributed by atoms with van der Waals surface area (Å²) >= 11 is 0. The molecule has 1 aliphatic rings. The van der Waals surface area contributed by atoms with Crippen molar-refractivity contribution in [1.29, 1.82) is 0 Å². The van der Waals surface area contributed by atoms with E-state index in [0.717, 1.165) is 11.7 Å². The second kappa shape index (κ2) is 4.46. The minimum atomic E-state index is -2.47. The van der Waals surface area contributed by atoms with Gasteiger partial charge in [-0.25, -0.2) is 0 Å². The second-order valence-electron chi connectivity index (χ2n) is 7.24. The smallest absolute Gasteiger partial charge is 0.118 e. The maximum absolute atomic E-state index is 13.3. The van der Waals surface area contributed by atoms with E-state index in [1.165, 1.54) is 11.1 Å². The van der Waals surface area contributed by atoms with Gasteiger partial charge in [-0.05, 0) is 38.2 Å². The van der Waals surface area contributed by atoms with Crippen LogP contribution in [0.4, 0.5) is 0 Å².